The number of nitrogens with one attached hydrogen (secondary N) is 1. The zero-order valence-corrected chi connectivity index (χ0v) is 14.1. The Bertz CT molecular complexity index is 352. The molecule has 1 aromatic rings. The van der Waals surface area contributed by atoms with E-state index in [-0.39, 0.29) is 0 Å². The molecule has 0 unspecified atom stereocenters. The van der Waals surface area contributed by atoms with Crippen molar-refractivity contribution in [3.8, 4) is 0 Å². The molecule has 1 N–H and O–H groups in total. The number of hydrogen-bond acceptors (Lipinski definition) is 3. The number of aryl methyl sites for hydroxylation is 1. The molecule has 0 saturated heterocycles. The van der Waals surface area contributed by atoms with Crippen molar-refractivity contribution in [3.63, 3.8) is 0 Å². The lowest BCUT2D eigenvalue weighted by Crippen LogP contribution is -2.25. The van der Waals surface area contributed by atoms with E-state index in [1.54, 1.807) is 0 Å². The Kier molecular flexibility index (Phi) is 7.66. The van der Waals surface area contributed by atoms with Crippen LogP contribution >= 0.6 is 11.3 Å². The van der Waals surface area contributed by atoms with E-state index in [4.69, 9.17) is 0 Å². The van der Waals surface area contributed by atoms with Crippen molar-refractivity contribution in [2.24, 2.45) is 0 Å². The molecule has 0 atom stereocenters. The number of thiophene rings is 1. The first-order valence-electron chi connectivity index (χ1n) is 7.60. The number of hydrogen-bond donors (Lipinski definition) is 1. The fourth-order valence-corrected chi connectivity index (χ4v) is 3.28. The predicted molar refractivity (Wildman–Crippen MR) is 86.9 cm³/mol. The summed E-state index contributed by atoms with van der Waals surface area (Å²) in [6, 6.07) is 2.95. The van der Waals surface area contributed by atoms with Crippen molar-refractivity contribution in [1.29, 1.82) is 0 Å². The van der Waals surface area contributed by atoms with E-state index in [1.165, 1.54) is 41.2 Å². The lowest BCUT2D eigenvalue weighted by atomic mass is 10.2. The fraction of sp³-hybridized carbons (Fsp3) is 0.750. The molecule has 0 aliphatic carbocycles. The highest BCUT2D eigenvalue weighted by atomic mass is 32.1. The third-order valence-corrected chi connectivity index (χ3v) is 4.32. The van der Waals surface area contributed by atoms with Gasteiger partial charge in [0.25, 0.3) is 0 Å². The van der Waals surface area contributed by atoms with Gasteiger partial charge >= 0.3 is 0 Å². The first-order chi connectivity index (χ1) is 9.06. The minimum atomic E-state index is 0.558. The quantitative estimate of drug-likeness (QED) is 0.731. The largest absolute Gasteiger partial charge is 0.310 e. The third kappa shape index (κ3) is 6.07. The van der Waals surface area contributed by atoms with Crippen molar-refractivity contribution < 1.29 is 0 Å². The van der Waals surface area contributed by atoms with Crippen LogP contribution in [0.25, 0.3) is 0 Å². The molecule has 1 aromatic heterocycles. The Hall–Kier alpha value is -0.380. The fourth-order valence-electron chi connectivity index (χ4n) is 2.28. The summed E-state index contributed by atoms with van der Waals surface area (Å²) in [6.07, 6.45) is 2.48. The standard InChI is InChI=1S/C16H30N2S/c1-6-8-18(9-7-2)12-15-10-16(19-14(15)5)11-17-13(3)4/h10,13,17H,6-9,11-12H2,1-5H3. The van der Waals surface area contributed by atoms with Gasteiger partial charge in [-0.05, 0) is 44.5 Å². The lowest BCUT2D eigenvalue weighted by molar-refractivity contribution is 0.266. The smallest absolute Gasteiger partial charge is 0.0302 e. The summed E-state index contributed by atoms with van der Waals surface area (Å²) < 4.78 is 0. The van der Waals surface area contributed by atoms with Gasteiger partial charge in [0.05, 0.1) is 0 Å². The molecule has 0 fully saturated rings. The maximum atomic E-state index is 3.50. The van der Waals surface area contributed by atoms with Crippen LogP contribution in [-0.4, -0.2) is 24.0 Å². The summed E-state index contributed by atoms with van der Waals surface area (Å²) in [5.41, 5.74) is 1.52. The molecule has 3 heteroatoms. The molecule has 0 radical (unpaired) electrons. The van der Waals surface area contributed by atoms with Gasteiger partial charge in [0.1, 0.15) is 0 Å². The van der Waals surface area contributed by atoms with E-state index in [1.807, 2.05) is 11.3 Å². The molecule has 0 saturated carbocycles. The van der Waals surface area contributed by atoms with Crippen molar-refractivity contribution in [3.05, 3.63) is 21.4 Å². The molecule has 2 nitrogen and oxygen atoms in total. The molecule has 110 valence electrons. The zero-order chi connectivity index (χ0) is 14.3. The second-order valence-electron chi connectivity index (χ2n) is 5.61. The van der Waals surface area contributed by atoms with Crippen LogP contribution in [0.15, 0.2) is 6.07 Å². The van der Waals surface area contributed by atoms with Crippen LogP contribution in [0.5, 0.6) is 0 Å². The van der Waals surface area contributed by atoms with Crippen molar-refractivity contribution >= 4 is 11.3 Å². The van der Waals surface area contributed by atoms with Gasteiger partial charge in [-0.1, -0.05) is 27.7 Å². The first kappa shape index (κ1) is 16.7. The van der Waals surface area contributed by atoms with Gasteiger partial charge in [0, 0.05) is 28.9 Å². The second-order valence-corrected chi connectivity index (χ2v) is 6.95. The predicted octanol–water partition coefficient (Wildman–Crippen LogP) is 4.18. The van der Waals surface area contributed by atoms with Crippen LogP contribution < -0.4 is 5.32 Å². The normalized spacial score (nSPS) is 11.7. The van der Waals surface area contributed by atoms with E-state index < -0.39 is 0 Å². The molecule has 0 aromatic carbocycles. The highest BCUT2D eigenvalue weighted by Gasteiger charge is 2.10. The summed E-state index contributed by atoms with van der Waals surface area (Å²) in [5.74, 6) is 0. The summed E-state index contributed by atoms with van der Waals surface area (Å²) in [6.45, 7) is 15.7. The number of rotatable bonds is 9. The van der Waals surface area contributed by atoms with Gasteiger partial charge in [0.2, 0.25) is 0 Å². The Balaban J connectivity index is 2.61. The van der Waals surface area contributed by atoms with E-state index in [0.717, 1.165) is 13.1 Å². The van der Waals surface area contributed by atoms with Crippen molar-refractivity contribution in [1.82, 2.24) is 10.2 Å². The van der Waals surface area contributed by atoms with Crippen LogP contribution in [0.2, 0.25) is 0 Å². The van der Waals surface area contributed by atoms with E-state index in [2.05, 4.69) is 50.9 Å². The summed E-state index contributed by atoms with van der Waals surface area (Å²) >= 11 is 1.95. The Morgan fingerprint density at radius 1 is 1.21 bits per heavy atom. The second kappa shape index (κ2) is 8.72. The van der Waals surface area contributed by atoms with Gasteiger partial charge in [-0.3, -0.25) is 4.90 Å². The topological polar surface area (TPSA) is 15.3 Å². The lowest BCUT2D eigenvalue weighted by Gasteiger charge is -2.20. The van der Waals surface area contributed by atoms with Gasteiger partial charge in [-0.2, -0.15) is 0 Å². The molecule has 19 heavy (non-hydrogen) atoms. The average molecular weight is 282 g/mol. The summed E-state index contributed by atoms with van der Waals surface area (Å²) in [7, 11) is 0. The SMILES string of the molecule is CCCN(CCC)Cc1cc(CNC(C)C)sc1C. The van der Waals surface area contributed by atoms with Crippen LogP contribution in [0.4, 0.5) is 0 Å². The van der Waals surface area contributed by atoms with E-state index >= 15 is 0 Å². The van der Waals surface area contributed by atoms with Crippen molar-refractivity contribution in [2.75, 3.05) is 13.1 Å². The van der Waals surface area contributed by atoms with Crippen LogP contribution in [0.1, 0.15) is 55.9 Å². The summed E-state index contributed by atoms with van der Waals surface area (Å²) in [4.78, 5) is 5.53. The molecule has 0 spiro atoms. The molecule has 1 heterocycles. The molecule has 0 bridgehead atoms. The van der Waals surface area contributed by atoms with E-state index in [0.29, 0.717) is 6.04 Å². The maximum absolute atomic E-state index is 3.50. The van der Waals surface area contributed by atoms with E-state index in [9.17, 15) is 0 Å². The molecular weight excluding hydrogens is 252 g/mol. The molecule has 0 aliphatic rings. The van der Waals surface area contributed by atoms with Crippen LogP contribution in [-0.2, 0) is 13.1 Å². The zero-order valence-electron chi connectivity index (χ0n) is 13.3. The van der Waals surface area contributed by atoms with Gasteiger partial charge in [-0.25, -0.2) is 0 Å². The van der Waals surface area contributed by atoms with Gasteiger partial charge in [0.15, 0.2) is 0 Å². The molecule has 1 rings (SSSR count). The first-order valence-corrected chi connectivity index (χ1v) is 8.42. The molecular formula is C16H30N2S. The Labute approximate surface area is 123 Å². The monoisotopic (exact) mass is 282 g/mol. The highest BCUT2D eigenvalue weighted by molar-refractivity contribution is 7.12. The average Bonchev–Trinajstić information content (AvgIpc) is 2.68. The minimum Gasteiger partial charge on any atom is -0.310 e. The summed E-state index contributed by atoms with van der Waals surface area (Å²) in [5, 5.41) is 3.50. The van der Waals surface area contributed by atoms with Gasteiger partial charge < -0.3 is 5.32 Å². The Morgan fingerprint density at radius 3 is 2.37 bits per heavy atom. The number of nitrogens with zero attached hydrogens (tertiary/aromatic N) is 1. The minimum absolute atomic E-state index is 0.558. The maximum Gasteiger partial charge on any atom is 0.0302 e. The Morgan fingerprint density at radius 2 is 1.84 bits per heavy atom. The van der Waals surface area contributed by atoms with Gasteiger partial charge in [-0.15, -0.1) is 11.3 Å². The molecule has 0 aliphatic heterocycles. The highest BCUT2D eigenvalue weighted by Crippen LogP contribution is 2.23. The van der Waals surface area contributed by atoms with Crippen LogP contribution in [0.3, 0.4) is 0 Å². The third-order valence-electron chi connectivity index (χ3n) is 3.23. The van der Waals surface area contributed by atoms with Crippen molar-refractivity contribution in [2.45, 2.75) is 66.6 Å². The van der Waals surface area contributed by atoms with Crippen LogP contribution in [0, 0.1) is 6.92 Å². The molecule has 0 amide bonds.